The SMILES string of the molecule is O=C(O)c1ccc([C@H]2C[C@@H](NC(=O)C3(c4ccc5c(c4)OC(F)(F)O5)CC3)c3ccccc3O2)cc1. The number of carboxylic acid groups (broad SMARTS) is 1. The normalized spacial score (nSPS) is 22.2. The monoisotopic (exact) mass is 493 g/mol. The molecule has 0 radical (unpaired) electrons. The third-order valence-electron chi connectivity index (χ3n) is 6.99. The van der Waals surface area contributed by atoms with E-state index in [4.69, 9.17) is 4.74 Å². The van der Waals surface area contributed by atoms with Gasteiger partial charge in [0.25, 0.3) is 0 Å². The molecule has 1 saturated carbocycles. The molecule has 3 aromatic carbocycles. The molecular weight excluding hydrogens is 472 g/mol. The second kappa shape index (κ2) is 7.94. The summed E-state index contributed by atoms with van der Waals surface area (Å²) in [6.45, 7) is 0. The Morgan fingerprint density at radius 2 is 1.64 bits per heavy atom. The van der Waals surface area contributed by atoms with Crippen LogP contribution in [0.3, 0.4) is 0 Å². The number of hydrogen-bond acceptors (Lipinski definition) is 5. The molecule has 1 fully saturated rings. The van der Waals surface area contributed by atoms with E-state index in [-0.39, 0.29) is 29.0 Å². The summed E-state index contributed by atoms with van der Waals surface area (Å²) in [5, 5.41) is 12.3. The first-order chi connectivity index (χ1) is 17.2. The van der Waals surface area contributed by atoms with Crippen LogP contribution in [0.15, 0.2) is 66.7 Å². The Bertz CT molecular complexity index is 1370. The van der Waals surface area contributed by atoms with Crippen molar-refractivity contribution in [3.05, 3.63) is 89.0 Å². The minimum absolute atomic E-state index is 0.0601. The maximum absolute atomic E-state index is 13.6. The Labute approximate surface area is 204 Å². The van der Waals surface area contributed by atoms with E-state index < -0.39 is 23.8 Å². The highest BCUT2D eigenvalue weighted by Crippen LogP contribution is 2.52. The maximum atomic E-state index is 13.6. The van der Waals surface area contributed by atoms with Crippen molar-refractivity contribution in [3.8, 4) is 17.2 Å². The van der Waals surface area contributed by atoms with Crippen molar-refractivity contribution >= 4 is 11.9 Å². The molecule has 184 valence electrons. The number of amides is 1. The molecule has 0 spiro atoms. The van der Waals surface area contributed by atoms with Crippen LogP contribution in [0.5, 0.6) is 17.2 Å². The number of alkyl halides is 2. The van der Waals surface area contributed by atoms with Crippen LogP contribution < -0.4 is 19.5 Å². The molecule has 0 aromatic heterocycles. The van der Waals surface area contributed by atoms with Gasteiger partial charge in [-0.3, -0.25) is 4.79 Å². The zero-order valence-corrected chi connectivity index (χ0v) is 18.9. The van der Waals surface area contributed by atoms with Crippen molar-refractivity contribution in [2.24, 2.45) is 0 Å². The minimum Gasteiger partial charge on any atom is -0.485 e. The number of carbonyl (C=O) groups excluding carboxylic acids is 1. The van der Waals surface area contributed by atoms with Crippen LogP contribution in [0.1, 0.15) is 58.5 Å². The van der Waals surface area contributed by atoms with Crippen LogP contribution in [0.4, 0.5) is 8.78 Å². The third kappa shape index (κ3) is 3.80. The standard InChI is InChI=1S/C27H21F2NO6/c28-27(29)35-21-10-9-17(13-23(21)36-27)26(11-12-26)25(33)30-19-14-22(34-20-4-2-1-3-18(19)20)15-5-7-16(8-6-15)24(31)32/h1-10,13,19,22H,11-12,14H2,(H,30,33)(H,31,32)/t19-,22-/m1/s1. The topological polar surface area (TPSA) is 94.1 Å². The number of carboxylic acids is 1. The second-order valence-electron chi connectivity index (χ2n) is 9.24. The molecule has 2 heterocycles. The van der Waals surface area contributed by atoms with E-state index in [0.29, 0.717) is 30.6 Å². The molecule has 36 heavy (non-hydrogen) atoms. The number of fused-ring (bicyclic) bond motifs is 2. The van der Waals surface area contributed by atoms with E-state index in [2.05, 4.69) is 14.8 Å². The average Bonchev–Trinajstić information content (AvgIpc) is 3.61. The summed E-state index contributed by atoms with van der Waals surface area (Å²) in [7, 11) is 0. The Hall–Kier alpha value is -4.14. The molecule has 0 bridgehead atoms. The fourth-order valence-corrected chi connectivity index (χ4v) is 4.91. The van der Waals surface area contributed by atoms with Gasteiger partial charge in [0.15, 0.2) is 11.5 Å². The van der Waals surface area contributed by atoms with Gasteiger partial charge in [0.2, 0.25) is 5.91 Å². The summed E-state index contributed by atoms with van der Waals surface area (Å²) >= 11 is 0. The first-order valence-corrected chi connectivity index (χ1v) is 11.5. The third-order valence-corrected chi connectivity index (χ3v) is 6.99. The number of benzene rings is 3. The van der Waals surface area contributed by atoms with Crippen LogP contribution in [-0.2, 0) is 10.2 Å². The predicted molar refractivity (Wildman–Crippen MR) is 122 cm³/mol. The molecule has 2 atom stereocenters. The van der Waals surface area contributed by atoms with Gasteiger partial charge in [-0.15, -0.1) is 8.78 Å². The van der Waals surface area contributed by atoms with Crippen molar-refractivity contribution in [2.75, 3.05) is 0 Å². The highest BCUT2D eigenvalue weighted by Gasteiger charge is 2.53. The number of ether oxygens (including phenoxy) is 3. The number of halogens is 2. The van der Waals surface area contributed by atoms with Gasteiger partial charge in [0.05, 0.1) is 17.0 Å². The lowest BCUT2D eigenvalue weighted by Gasteiger charge is -2.34. The van der Waals surface area contributed by atoms with Crippen molar-refractivity contribution in [3.63, 3.8) is 0 Å². The van der Waals surface area contributed by atoms with Crippen molar-refractivity contribution in [1.82, 2.24) is 5.32 Å². The van der Waals surface area contributed by atoms with E-state index >= 15 is 0 Å². The zero-order chi connectivity index (χ0) is 25.1. The quantitative estimate of drug-likeness (QED) is 0.513. The van der Waals surface area contributed by atoms with Crippen molar-refractivity contribution in [1.29, 1.82) is 0 Å². The second-order valence-corrected chi connectivity index (χ2v) is 9.24. The van der Waals surface area contributed by atoms with Crippen molar-refractivity contribution < 1.29 is 37.7 Å². The van der Waals surface area contributed by atoms with Crippen LogP contribution >= 0.6 is 0 Å². The summed E-state index contributed by atoms with van der Waals surface area (Å²) in [6, 6.07) is 18.0. The summed E-state index contributed by atoms with van der Waals surface area (Å²) in [6.07, 6.45) is -2.50. The van der Waals surface area contributed by atoms with E-state index in [1.54, 1.807) is 18.2 Å². The highest BCUT2D eigenvalue weighted by molar-refractivity contribution is 5.92. The van der Waals surface area contributed by atoms with Gasteiger partial charge >= 0.3 is 12.3 Å². The fraction of sp³-hybridized carbons (Fsp3) is 0.259. The summed E-state index contributed by atoms with van der Waals surface area (Å²) in [5.74, 6) is -0.720. The molecule has 1 amide bonds. The molecule has 6 rings (SSSR count). The molecule has 2 N–H and O–H groups in total. The fourth-order valence-electron chi connectivity index (χ4n) is 4.91. The molecule has 0 unspecified atom stereocenters. The lowest BCUT2D eigenvalue weighted by molar-refractivity contribution is -0.286. The van der Waals surface area contributed by atoms with E-state index in [0.717, 1.165) is 11.1 Å². The van der Waals surface area contributed by atoms with Crippen molar-refractivity contribution in [2.45, 2.75) is 43.1 Å². The minimum atomic E-state index is -3.72. The number of carbonyl (C=O) groups is 2. The smallest absolute Gasteiger partial charge is 0.485 e. The Kier molecular flexibility index (Phi) is 4.93. The van der Waals surface area contributed by atoms with Gasteiger partial charge in [-0.05, 0) is 54.3 Å². The maximum Gasteiger partial charge on any atom is 0.586 e. The van der Waals surface area contributed by atoms with E-state index in [1.807, 2.05) is 24.3 Å². The van der Waals surface area contributed by atoms with Gasteiger partial charge in [0, 0.05) is 12.0 Å². The van der Waals surface area contributed by atoms with Gasteiger partial charge < -0.3 is 24.6 Å². The summed E-state index contributed by atoms with van der Waals surface area (Å²) < 4.78 is 42.2. The van der Waals surface area contributed by atoms with Gasteiger partial charge in [-0.25, -0.2) is 4.79 Å². The summed E-state index contributed by atoms with van der Waals surface area (Å²) in [5.41, 5.74) is 1.58. The van der Waals surface area contributed by atoms with E-state index in [9.17, 15) is 23.5 Å². The molecule has 2 aliphatic heterocycles. The number of hydrogen-bond donors (Lipinski definition) is 2. The lowest BCUT2D eigenvalue weighted by Crippen LogP contribution is -2.39. The van der Waals surface area contributed by atoms with E-state index in [1.165, 1.54) is 24.3 Å². The molecule has 1 aliphatic carbocycles. The molecular formula is C27H21F2NO6. The van der Waals surface area contributed by atoms with Crippen LogP contribution in [0.2, 0.25) is 0 Å². The predicted octanol–water partition coefficient (Wildman–Crippen LogP) is 5.12. The number of para-hydroxylation sites is 1. The van der Waals surface area contributed by atoms with Crippen LogP contribution in [0, 0.1) is 0 Å². The van der Waals surface area contributed by atoms with Gasteiger partial charge in [-0.2, -0.15) is 0 Å². The highest BCUT2D eigenvalue weighted by atomic mass is 19.3. The first kappa shape index (κ1) is 22.3. The Morgan fingerprint density at radius 1 is 0.917 bits per heavy atom. The number of aromatic carboxylic acids is 1. The first-order valence-electron chi connectivity index (χ1n) is 11.5. The lowest BCUT2D eigenvalue weighted by atomic mass is 9.90. The molecule has 3 aliphatic rings. The van der Waals surface area contributed by atoms with Crippen LogP contribution in [0.25, 0.3) is 0 Å². The van der Waals surface area contributed by atoms with Gasteiger partial charge in [0.1, 0.15) is 11.9 Å². The number of nitrogens with one attached hydrogen (secondary N) is 1. The Morgan fingerprint density at radius 3 is 2.36 bits per heavy atom. The van der Waals surface area contributed by atoms with Gasteiger partial charge in [-0.1, -0.05) is 36.4 Å². The molecule has 0 saturated heterocycles. The Balaban J connectivity index is 1.25. The summed E-state index contributed by atoms with van der Waals surface area (Å²) in [4.78, 5) is 24.8. The average molecular weight is 493 g/mol. The molecule has 9 heteroatoms. The van der Waals surface area contributed by atoms with Crippen LogP contribution in [-0.4, -0.2) is 23.3 Å². The number of rotatable bonds is 5. The molecule has 3 aromatic rings. The molecule has 7 nitrogen and oxygen atoms in total. The zero-order valence-electron chi connectivity index (χ0n) is 18.9. The largest absolute Gasteiger partial charge is 0.586 e.